The zero-order valence-corrected chi connectivity index (χ0v) is 8.85. The van der Waals surface area contributed by atoms with E-state index in [9.17, 15) is 0 Å². The summed E-state index contributed by atoms with van der Waals surface area (Å²) in [6.07, 6.45) is 2.61. The zero-order valence-electron chi connectivity index (χ0n) is 8.85. The molecule has 0 spiro atoms. The number of hydrogen-bond acceptors (Lipinski definition) is 3. The first-order chi connectivity index (χ1) is 6.01. The molecule has 3 heteroatoms. The summed E-state index contributed by atoms with van der Waals surface area (Å²) in [5, 5.41) is 3.04. The van der Waals surface area contributed by atoms with E-state index in [4.69, 9.17) is 4.42 Å². The molecule has 0 aromatic carbocycles. The first-order valence-corrected chi connectivity index (χ1v) is 4.59. The highest BCUT2D eigenvalue weighted by Gasteiger charge is 2.15. The van der Waals surface area contributed by atoms with Crippen molar-refractivity contribution in [1.29, 1.82) is 0 Å². The van der Waals surface area contributed by atoms with Crippen LogP contribution in [0.3, 0.4) is 0 Å². The third-order valence-electron chi connectivity index (χ3n) is 1.64. The molecule has 0 saturated heterocycles. The second-order valence-corrected chi connectivity index (χ2v) is 4.50. The Morgan fingerprint density at radius 3 is 2.69 bits per heavy atom. The number of hydrogen-bond donors (Lipinski definition) is 1. The highest BCUT2D eigenvalue weighted by Crippen LogP contribution is 2.19. The highest BCUT2D eigenvalue weighted by atomic mass is 16.3. The highest BCUT2D eigenvalue weighted by molar-refractivity contribution is 4.97. The monoisotopic (exact) mass is 182 g/mol. The van der Waals surface area contributed by atoms with E-state index in [0.29, 0.717) is 0 Å². The third-order valence-corrected chi connectivity index (χ3v) is 1.64. The average Bonchev–Trinajstić information content (AvgIpc) is 2.33. The molecule has 0 amide bonds. The Kier molecular flexibility index (Phi) is 3.09. The minimum absolute atomic E-state index is 0.238. The quantitative estimate of drug-likeness (QED) is 0.776. The van der Waals surface area contributed by atoms with Gasteiger partial charge in [-0.3, -0.25) is 0 Å². The lowest BCUT2D eigenvalue weighted by atomic mass is 9.92. The Morgan fingerprint density at radius 2 is 2.15 bits per heavy atom. The minimum Gasteiger partial charge on any atom is -0.449 e. The van der Waals surface area contributed by atoms with Crippen molar-refractivity contribution in [1.82, 2.24) is 10.3 Å². The van der Waals surface area contributed by atoms with Crippen molar-refractivity contribution in [2.24, 2.45) is 5.41 Å². The Balaban J connectivity index is 2.59. The summed E-state index contributed by atoms with van der Waals surface area (Å²) in [6, 6.07) is 0. The summed E-state index contributed by atoms with van der Waals surface area (Å²) in [6.45, 7) is 7.30. The van der Waals surface area contributed by atoms with Gasteiger partial charge in [-0.1, -0.05) is 20.8 Å². The molecule has 0 aliphatic heterocycles. The van der Waals surface area contributed by atoms with Crippen molar-refractivity contribution in [2.45, 2.75) is 33.7 Å². The molecule has 0 bridgehead atoms. The standard InChI is InChI=1S/C10H18N2O/c1-10(2,3)5-9-12-8(6-11-4)7-13-9/h7,11H,5-6H2,1-4H3. The van der Waals surface area contributed by atoms with Crippen LogP contribution >= 0.6 is 0 Å². The zero-order chi connectivity index (χ0) is 9.90. The van der Waals surface area contributed by atoms with Gasteiger partial charge in [-0.05, 0) is 12.5 Å². The van der Waals surface area contributed by atoms with Gasteiger partial charge in [0.25, 0.3) is 0 Å². The third kappa shape index (κ3) is 3.59. The van der Waals surface area contributed by atoms with Gasteiger partial charge in [0.15, 0.2) is 5.89 Å². The molecule has 0 aliphatic carbocycles. The first kappa shape index (κ1) is 10.3. The van der Waals surface area contributed by atoms with E-state index in [2.05, 4.69) is 31.1 Å². The smallest absolute Gasteiger partial charge is 0.194 e. The summed E-state index contributed by atoms with van der Waals surface area (Å²) in [4.78, 5) is 4.36. The Bertz CT molecular complexity index is 260. The van der Waals surface area contributed by atoms with E-state index in [1.54, 1.807) is 6.26 Å². The molecule has 0 fully saturated rings. The first-order valence-electron chi connectivity index (χ1n) is 4.59. The van der Waals surface area contributed by atoms with Gasteiger partial charge < -0.3 is 9.73 Å². The van der Waals surface area contributed by atoms with Crippen LogP contribution in [-0.4, -0.2) is 12.0 Å². The van der Waals surface area contributed by atoms with Crippen LogP contribution in [0.5, 0.6) is 0 Å². The molecule has 0 atom stereocenters. The van der Waals surface area contributed by atoms with E-state index in [1.807, 2.05) is 7.05 Å². The van der Waals surface area contributed by atoms with Crippen molar-refractivity contribution in [3.8, 4) is 0 Å². The fourth-order valence-electron chi connectivity index (χ4n) is 1.15. The molecule has 1 rings (SSSR count). The molecule has 1 aromatic heterocycles. The van der Waals surface area contributed by atoms with Crippen molar-refractivity contribution in [3.05, 3.63) is 17.8 Å². The predicted molar refractivity (Wildman–Crippen MR) is 52.4 cm³/mol. The van der Waals surface area contributed by atoms with Crippen LogP contribution in [0.2, 0.25) is 0 Å². The SMILES string of the molecule is CNCc1coc(CC(C)(C)C)n1. The molecule has 13 heavy (non-hydrogen) atoms. The normalized spacial score (nSPS) is 12.0. The molecule has 0 aliphatic rings. The maximum atomic E-state index is 5.34. The van der Waals surface area contributed by atoms with E-state index in [-0.39, 0.29) is 5.41 Å². The van der Waals surface area contributed by atoms with Crippen LogP contribution in [0, 0.1) is 5.41 Å². The number of aromatic nitrogens is 1. The lowest BCUT2D eigenvalue weighted by Gasteiger charge is -2.14. The van der Waals surface area contributed by atoms with E-state index in [0.717, 1.165) is 24.6 Å². The largest absolute Gasteiger partial charge is 0.449 e. The molecular formula is C10H18N2O. The van der Waals surface area contributed by atoms with Gasteiger partial charge in [-0.25, -0.2) is 4.98 Å². The Morgan fingerprint density at radius 1 is 1.46 bits per heavy atom. The van der Waals surface area contributed by atoms with E-state index < -0.39 is 0 Å². The maximum absolute atomic E-state index is 5.34. The lowest BCUT2D eigenvalue weighted by Crippen LogP contribution is -2.10. The molecule has 3 nitrogen and oxygen atoms in total. The number of nitrogens with zero attached hydrogens (tertiary/aromatic N) is 1. The minimum atomic E-state index is 0.238. The van der Waals surface area contributed by atoms with Crippen LogP contribution < -0.4 is 5.32 Å². The van der Waals surface area contributed by atoms with Crippen LogP contribution in [0.25, 0.3) is 0 Å². The van der Waals surface area contributed by atoms with Crippen molar-refractivity contribution in [3.63, 3.8) is 0 Å². The summed E-state index contributed by atoms with van der Waals surface area (Å²) in [5.41, 5.74) is 1.21. The van der Waals surface area contributed by atoms with Crippen LogP contribution in [0.4, 0.5) is 0 Å². The van der Waals surface area contributed by atoms with Crippen molar-refractivity contribution < 1.29 is 4.42 Å². The van der Waals surface area contributed by atoms with Crippen LogP contribution in [0.1, 0.15) is 32.4 Å². The van der Waals surface area contributed by atoms with Gasteiger partial charge in [-0.15, -0.1) is 0 Å². The molecule has 1 aromatic rings. The van der Waals surface area contributed by atoms with Gasteiger partial charge >= 0.3 is 0 Å². The molecule has 1 N–H and O–H groups in total. The molecule has 0 unspecified atom stereocenters. The number of nitrogens with one attached hydrogen (secondary N) is 1. The Hall–Kier alpha value is -0.830. The maximum Gasteiger partial charge on any atom is 0.194 e. The molecular weight excluding hydrogens is 164 g/mol. The predicted octanol–water partition coefficient (Wildman–Crippen LogP) is 1.98. The number of rotatable bonds is 3. The van der Waals surface area contributed by atoms with E-state index in [1.165, 1.54) is 0 Å². The van der Waals surface area contributed by atoms with Gasteiger partial charge in [0.05, 0.1) is 5.69 Å². The fourth-order valence-corrected chi connectivity index (χ4v) is 1.15. The van der Waals surface area contributed by atoms with Gasteiger partial charge in [0.2, 0.25) is 0 Å². The number of oxazole rings is 1. The second-order valence-electron chi connectivity index (χ2n) is 4.50. The van der Waals surface area contributed by atoms with Gasteiger partial charge in [0.1, 0.15) is 6.26 Å². The van der Waals surface area contributed by atoms with Crippen molar-refractivity contribution in [2.75, 3.05) is 7.05 Å². The molecule has 0 radical (unpaired) electrons. The topological polar surface area (TPSA) is 38.1 Å². The van der Waals surface area contributed by atoms with E-state index >= 15 is 0 Å². The Labute approximate surface area is 79.5 Å². The summed E-state index contributed by atoms with van der Waals surface area (Å²) >= 11 is 0. The van der Waals surface area contributed by atoms with Gasteiger partial charge in [0, 0.05) is 13.0 Å². The molecule has 0 saturated carbocycles. The second kappa shape index (κ2) is 3.92. The fraction of sp³-hybridized carbons (Fsp3) is 0.700. The van der Waals surface area contributed by atoms with Crippen LogP contribution in [0.15, 0.2) is 10.7 Å². The van der Waals surface area contributed by atoms with Gasteiger partial charge in [-0.2, -0.15) is 0 Å². The molecule has 1 heterocycles. The average molecular weight is 182 g/mol. The summed E-state index contributed by atoms with van der Waals surface area (Å²) < 4.78 is 5.34. The summed E-state index contributed by atoms with van der Waals surface area (Å²) in [7, 11) is 1.90. The van der Waals surface area contributed by atoms with Crippen molar-refractivity contribution >= 4 is 0 Å². The lowest BCUT2D eigenvalue weighted by molar-refractivity contribution is 0.354. The summed E-state index contributed by atoms with van der Waals surface area (Å²) in [5.74, 6) is 0.831. The van der Waals surface area contributed by atoms with Crippen LogP contribution in [-0.2, 0) is 13.0 Å². The molecule has 74 valence electrons.